The topological polar surface area (TPSA) is 108 Å². The highest BCUT2D eigenvalue weighted by Crippen LogP contribution is 2.26. The molecule has 0 radical (unpaired) electrons. The van der Waals surface area contributed by atoms with E-state index in [1.165, 1.54) is 0 Å². The number of aromatic nitrogens is 4. The smallest absolute Gasteiger partial charge is 0.227 e. The Morgan fingerprint density at radius 3 is 2.62 bits per heavy atom. The summed E-state index contributed by atoms with van der Waals surface area (Å²) in [6, 6.07) is 10.1. The molecule has 2 aromatic heterocycles. The second-order valence-electron chi connectivity index (χ2n) is 8.63. The van der Waals surface area contributed by atoms with Crippen LogP contribution in [0, 0.1) is 0 Å². The molecule has 1 saturated carbocycles. The Morgan fingerprint density at radius 2 is 1.88 bits per heavy atom. The molecule has 1 aliphatic carbocycles. The highest BCUT2D eigenvalue weighted by Gasteiger charge is 2.23. The molecule has 3 N–H and O–H groups in total. The average molecular weight is 436 g/mol. The minimum absolute atomic E-state index is 0.207. The summed E-state index contributed by atoms with van der Waals surface area (Å²) < 4.78 is 1.99. The van der Waals surface area contributed by atoms with Crippen molar-refractivity contribution >= 4 is 34.5 Å². The number of rotatable bonds is 7. The molecule has 9 heteroatoms. The zero-order chi connectivity index (χ0) is 21.9. The van der Waals surface area contributed by atoms with E-state index in [0.29, 0.717) is 36.8 Å². The molecule has 0 bridgehead atoms. The van der Waals surface area contributed by atoms with Crippen molar-refractivity contribution in [1.29, 1.82) is 0 Å². The fourth-order valence-corrected chi connectivity index (χ4v) is 4.49. The molecule has 2 aliphatic rings. The van der Waals surface area contributed by atoms with Crippen LogP contribution in [0.4, 0.5) is 17.5 Å². The minimum atomic E-state index is -0.207. The van der Waals surface area contributed by atoms with E-state index in [1.54, 1.807) is 6.33 Å². The lowest BCUT2D eigenvalue weighted by Gasteiger charge is -2.26. The third-order valence-corrected chi connectivity index (χ3v) is 6.31. The Bertz CT molecular complexity index is 1080. The van der Waals surface area contributed by atoms with Gasteiger partial charge in [-0.3, -0.25) is 4.79 Å². The molecule has 3 aromatic rings. The van der Waals surface area contributed by atoms with E-state index in [0.717, 1.165) is 50.0 Å². The van der Waals surface area contributed by atoms with Gasteiger partial charge in [0.15, 0.2) is 17.0 Å². The Morgan fingerprint density at radius 1 is 1.06 bits per heavy atom. The zero-order valence-corrected chi connectivity index (χ0v) is 18.1. The van der Waals surface area contributed by atoms with E-state index in [2.05, 4.69) is 15.6 Å². The number of fused-ring (bicyclic) bond motifs is 1. The van der Waals surface area contributed by atoms with E-state index < -0.39 is 0 Å². The highest BCUT2D eigenvalue weighted by atomic mass is 16.3. The van der Waals surface area contributed by atoms with Gasteiger partial charge in [-0.2, -0.15) is 9.97 Å². The van der Waals surface area contributed by atoms with Crippen molar-refractivity contribution in [3.05, 3.63) is 36.7 Å². The van der Waals surface area contributed by atoms with Crippen LogP contribution in [0.2, 0.25) is 0 Å². The molecule has 1 aliphatic heterocycles. The molecule has 1 saturated heterocycles. The summed E-state index contributed by atoms with van der Waals surface area (Å²) in [6.07, 6.45) is 6.50. The number of anilines is 3. The fraction of sp³-hybridized carbons (Fsp3) is 0.478. The van der Waals surface area contributed by atoms with Gasteiger partial charge in [0.25, 0.3) is 0 Å². The summed E-state index contributed by atoms with van der Waals surface area (Å²) in [6.45, 7) is 2.11. The number of aliphatic hydroxyl groups is 1. The van der Waals surface area contributed by atoms with Crippen LogP contribution in [0.25, 0.3) is 11.2 Å². The van der Waals surface area contributed by atoms with E-state index in [1.807, 2.05) is 39.8 Å². The first kappa shape index (κ1) is 20.7. The maximum absolute atomic E-state index is 12.0. The van der Waals surface area contributed by atoms with E-state index >= 15 is 0 Å². The third-order valence-electron chi connectivity index (χ3n) is 6.31. The second kappa shape index (κ2) is 9.12. The average Bonchev–Trinajstić information content (AvgIpc) is 3.40. The predicted molar refractivity (Wildman–Crippen MR) is 123 cm³/mol. The van der Waals surface area contributed by atoms with Crippen molar-refractivity contribution in [3.8, 4) is 0 Å². The largest absolute Gasteiger partial charge is 0.393 e. The normalized spacial score (nSPS) is 21.3. The van der Waals surface area contributed by atoms with Gasteiger partial charge in [-0.25, -0.2) is 4.98 Å². The van der Waals surface area contributed by atoms with Crippen molar-refractivity contribution in [2.45, 2.75) is 57.2 Å². The van der Waals surface area contributed by atoms with Crippen LogP contribution in [0.5, 0.6) is 0 Å². The van der Waals surface area contributed by atoms with Gasteiger partial charge in [-0.1, -0.05) is 18.2 Å². The lowest BCUT2D eigenvalue weighted by molar-refractivity contribution is -0.127. The maximum atomic E-state index is 12.0. The quantitative estimate of drug-likeness (QED) is 0.524. The Hall–Kier alpha value is -3.20. The number of imidazole rings is 1. The molecule has 0 atom stereocenters. The number of para-hydroxylation sites is 1. The predicted octanol–water partition coefficient (Wildman–Crippen LogP) is 2.91. The number of hydrogen-bond acceptors (Lipinski definition) is 7. The van der Waals surface area contributed by atoms with Crippen LogP contribution < -0.4 is 10.6 Å². The first-order chi connectivity index (χ1) is 15.7. The molecule has 5 rings (SSSR count). The second-order valence-corrected chi connectivity index (χ2v) is 8.63. The molecule has 1 aromatic carbocycles. The number of aliphatic hydroxyl groups excluding tert-OH is 1. The maximum Gasteiger partial charge on any atom is 0.227 e. The summed E-state index contributed by atoms with van der Waals surface area (Å²) >= 11 is 0. The Kier molecular flexibility index (Phi) is 5.89. The zero-order valence-electron chi connectivity index (χ0n) is 18.1. The van der Waals surface area contributed by atoms with E-state index in [-0.39, 0.29) is 18.1 Å². The van der Waals surface area contributed by atoms with E-state index in [9.17, 15) is 9.90 Å². The molecule has 3 heterocycles. The summed E-state index contributed by atoms with van der Waals surface area (Å²) in [5, 5.41) is 16.7. The van der Waals surface area contributed by atoms with Crippen molar-refractivity contribution in [2.24, 2.45) is 0 Å². The number of benzene rings is 1. The lowest BCUT2D eigenvalue weighted by Crippen LogP contribution is -2.29. The van der Waals surface area contributed by atoms with Gasteiger partial charge in [0.05, 0.1) is 12.4 Å². The van der Waals surface area contributed by atoms with Crippen LogP contribution in [0.1, 0.15) is 38.5 Å². The van der Waals surface area contributed by atoms with Gasteiger partial charge in [0.1, 0.15) is 0 Å². The van der Waals surface area contributed by atoms with Crippen molar-refractivity contribution in [1.82, 2.24) is 24.4 Å². The lowest BCUT2D eigenvalue weighted by atomic mass is 9.93. The van der Waals surface area contributed by atoms with Gasteiger partial charge in [0, 0.05) is 37.8 Å². The Balaban J connectivity index is 1.43. The van der Waals surface area contributed by atoms with Crippen LogP contribution in [0.15, 0.2) is 36.7 Å². The SMILES string of the molecule is O=C1CCCN1CCn1cnc2c(Nc3ccccc3)nc(NC3CCC(O)CC3)nc21. The number of hydrogen-bond donors (Lipinski definition) is 3. The van der Waals surface area contributed by atoms with Crippen LogP contribution in [0.3, 0.4) is 0 Å². The molecule has 2 fully saturated rings. The number of amides is 1. The van der Waals surface area contributed by atoms with Gasteiger partial charge in [0.2, 0.25) is 11.9 Å². The standard InChI is InChI=1S/C23H29N7O2/c31-18-10-8-17(9-11-18)26-23-27-21(25-16-5-2-1-3-6-16)20-22(28-23)30(15-24-20)14-13-29-12-4-7-19(29)32/h1-3,5-6,15,17-18,31H,4,7-14H2,(H2,25,26,27,28). The van der Waals surface area contributed by atoms with Gasteiger partial charge in [-0.05, 0) is 44.2 Å². The molecule has 1 amide bonds. The van der Waals surface area contributed by atoms with Gasteiger partial charge < -0.3 is 25.2 Å². The van der Waals surface area contributed by atoms with Gasteiger partial charge >= 0.3 is 0 Å². The third kappa shape index (κ3) is 4.52. The minimum Gasteiger partial charge on any atom is -0.393 e. The fourth-order valence-electron chi connectivity index (χ4n) is 4.49. The summed E-state index contributed by atoms with van der Waals surface area (Å²) in [5.41, 5.74) is 2.37. The summed E-state index contributed by atoms with van der Waals surface area (Å²) in [7, 11) is 0. The van der Waals surface area contributed by atoms with Crippen molar-refractivity contribution in [3.63, 3.8) is 0 Å². The Labute approximate surface area is 186 Å². The molecule has 0 spiro atoms. The monoisotopic (exact) mass is 435 g/mol. The first-order valence-electron chi connectivity index (χ1n) is 11.4. The molecular weight excluding hydrogens is 406 g/mol. The first-order valence-corrected chi connectivity index (χ1v) is 11.4. The summed E-state index contributed by atoms with van der Waals surface area (Å²) in [5.74, 6) is 1.42. The van der Waals surface area contributed by atoms with Crippen molar-refractivity contribution < 1.29 is 9.90 Å². The van der Waals surface area contributed by atoms with Gasteiger partial charge in [-0.15, -0.1) is 0 Å². The molecule has 9 nitrogen and oxygen atoms in total. The molecule has 168 valence electrons. The van der Waals surface area contributed by atoms with Crippen LogP contribution >= 0.6 is 0 Å². The number of carbonyl (C=O) groups is 1. The summed E-state index contributed by atoms with van der Waals surface area (Å²) in [4.78, 5) is 28.0. The molecule has 32 heavy (non-hydrogen) atoms. The van der Waals surface area contributed by atoms with Crippen LogP contribution in [-0.2, 0) is 11.3 Å². The van der Waals surface area contributed by atoms with E-state index in [4.69, 9.17) is 9.97 Å². The number of carbonyl (C=O) groups excluding carboxylic acids is 1. The molecule has 0 unspecified atom stereocenters. The van der Waals surface area contributed by atoms with Crippen molar-refractivity contribution in [2.75, 3.05) is 23.7 Å². The number of nitrogens with one attached hydrogen (secondary N) is 2. The number of nitrogens with zero attached hydrogens (tertiary/aromatic N) is 5. The number of likely N-dealkylation sites (tertiary alicyclic amines) is 1. The highest BCUT2D eigenvalue weighted by molar-refractivity contribution is 5.86. The molecular formula is C23H29N7O2. The van der Waals surface area contributed by atoms with Crippen LogP contribution in [-0.4, -0.2) is 60.7 Å².